The molecule has 15 heavy (non-hydrogen) atoms. The molecule has 0 aliphatic carbocycles. The molecular weight excluding hydrogens is 196 g/mol. The van der Waals surface area contributed by atoms with Crippen LogP contribution in [0.1, 0.15) is 5.76 Å². The van der Waals surface area contributed by atoms with E-state index in [1.54, 1.807) is 25.1 Å². The maximum absolute atomic E-state index is 11.6. The molecule has 0 aliphatic heterocycles. The number of hydrogen-bond acceptors (Lipinski definition) is 4. The molecule has 0 spiro atoms. The van der Waals surface area contributed by atoms with Crippen molar-refractivity contribution in [3.63, 3.8) is 0 Å². The van der Waals surface area contributed by atoms with Crippen molar-refractivity contribution in [2.75, 3.05) is 7.11 Å². The van der Waals surface area contributed by atoms with E-state index in [0.717, 1.165) is 0 Å². The lowest BCUT2D eigenvalue weighted by Crippen LogP contribution is -2.05. The van der Waals surface area contributed by atoms with E-state index in [1.165, 1.54) is 13.4 Å². The normalized spacial score (nSPS) is 10.3. The van der Waals surface area contributed by atoms with Crippen molar-refractivity contribution in [1.82, 2.24) is 0 Å². The molecule has 78 valence electrons. The van der Waals surface area contributed by atoms with Gasteiger partial charge in [-0.3, -0.25) is 0 Å². The predicted molar refractivity (Wildman–Crippen MR) is 54.0 cm³/mol. The zero-order valence-corrected chi connectivity index (χ0v) is 8.44. The third-order valence-electron chi connectivity index (χ3n) is 2.03. The molecule has 4 heteroatoms. The fraction of sp³-hybridized carbons (Fsp3) is 0.182. The van der Waals surface area contributed by atoms with Crippen LogP contribution in [0.3, 0.4) is 0 Å². The van der Waals surface area contributed by atoms with Crippen LogP contribution in [0.2, 0.25) is 0 Å². The maximum atomic E-state index is 11.6. The van der Waals surface area contributed by atoms with Gasteiger partial charge in [-0.1, -0.05) is 0 Å². The highest BCUT2D eigenvalue weighted by Crippen LogP contribution is 2.27. The first kappa shape index (κ1) is 9.58. The molecule has 0 aliphatic rings. The minimum atomic E-state index is -0.457. The van der Waals surface area contributed by atoms with Gasteiger partial charge in [-0.2, -0.15) is 0 Å². The summed E-state index contributed by atoms with van der Waals surface area (Å²) in [5.41, 5.74) is -0.144. The molecule has 0 atom stereocenters. The summed E-state index contributed by atoms with van der Waals surface area (Å²) in [4.78, 5) is 11.6. The lowest BCUT2D eigenvalue weighted by atomic mass is 10.2. The summed E-state index contributed by atoms with van der Waals surface area (Å²) in [5, 5.41) is 0. The van der Waals surface area contributed by atoms with Gasteiger partial charge in [-0.05, 0) is 19.1 Å². The minimum Gasteiger partial charge on any atom is -0.496 e. The third-order valence-corrected chi connectivity index (χ3v) is 2.03. The molecule has 2 heterocycles. The number of hydrogen-bond donors (Lipinski definition) is 0. The Labute approximate surface area is 86.1 Å². The quantitative estimate of drug-likeness (QED) is 0.755. The number of rotatable bonds is 2. The van der Waals surface area contributed by atoms with Crippen molar-refractivity contribution >= 4 is 0 Å². The van der Waals surface area contributed by atoms with Gasteiger partial charge in [0, 0.05) is 6.07 Å². The molecule has 0 amide bonds. The Bertz CT molecular complexity index is 508. The van der Waals surface area contributed by atoms with Crippen LogP contribution in [-0.4, -0.2) is 7.11 Å². The van der Waals surface area contributed by atoms with E-state index in [2.05, 4.69) is 0 Å². The van der Waals surface area contributed by atoms with Gasteiger partial charge in [0.2, 0.25) is 0 Å². The standard InChI is InChI=1S/C11H10O4/c1-7-6-9(13-2)10(11(12)15-7)8-4-3-5-14-8/h3-6H,1-2H3. The number of ether oxygens (including phenoxy) is 1. The second-order valence-corrected chi connectivity index (χ2v) is 3.07. The first-order chi connectivity index (χ1) is 7.22. The smallest absolute Gasteiger partial charge is 0.350 e. The van der Waals surface area contributed by atoms with Gasteiger partial charge in [0.15, 0.2) is 0 Å². The highest BCUT2D eigenvalue weighted by atomic mass is 16.5. The van der Waals surface area contributed by atoms with E-state index < -0.39 is 5.63 Å². The fourth-order valence-electron chi connectivity index (χ4n) is 1.39. The van der Waals surface area contributed by atoms with E-state index in [0.29, 0.717) is 22.8 Å². The summed E-state index contributed by atoms with van der Waals surface area (Å²) in [5.74, 6) is 1.41. The van der Waals surface area contributed by atoms with Crippen molar-refractivity contribution in [2.45, 2.75) is 6.92 Å². The highest BCUT2D eigenvalue weighted by Gasteiger charge is 2.15. The first-order valence-electron chi connectivity index (χ1n) is 4.45. The third kappa shape index (κ3) is 1.66. The SMILES string of the molecule is COc1cc(C)oc(=O)c1-c1ccco1. The molecule has 0 aromatic carbocycles. The Balaban J connectivity index is 2.70. The lowest BCUT2D eigenvalue weighted by Gasteiger charge is -2.04. The second kappa shape index (κ2) is 3.65. The monoisotopic (exact) mass is 206 g/mol. The van der Waals surface area contributed by atoms with Crippen LogP contribution >= 0.6 is 0 Å². The van der Waals surface area contributed by atoms with Crippen LogP contribution in [0.25, 0.3) is 11.3 Å². The largest absolute Gasteiger partial charge is 0.496 e. The van der Waals surface area contributed by atoms with Crippen molar-refractivity contribution in [3.8, 4) is 17.1 Å². The van der Waals surface area contributed by atoms with Crippen molar-refractivity contribution in [1.29, 1.82) is 0 Å². The lowest BCUT2D eigenvalue weighted by molar-refractivity contribution is 0.397. The molecular formula is C11H10O4. The van der Waals surface area contributed by atoms with Crippen LogP contribution in [0.4, 0.5) is 0 Å². The summed E-state index contributed by atoms with van der Waals surface area (Å²) in [6.07, 6.45) is 1.49. The molecule has 2 rings (SSSR count). The Morgan fingerprint density at radius 3 is 2.80 bits per heavy atom. The average Bonchev–Trinajstić information content (AvgIpc) is 2.69. The molecule has 0 unspecified atom stereocenters. The van der Waals surface area contributed by atoms with E-state index in [9.17, 15) is 4.79 Å². The second-order valence-electron chi connectivity index (χ2n) is 3.07. The van der Waals surface area contributed by atoms with Crippen LogP contribution in [0.5, 0.6) is 5.75 Å². The zero-order chi connectivity index (χ0) is 10.8. The number of aryl methyl sites for hydroxylation is 1. The summed E-state index contributed by atoms with van der Waals surface area (Å²) in [6, 6.07) is 5.04. The van der Waals surface area contributed by atoms with Crippen molar-refractivity contribution in [2.24, 2.45) is 0 Å². The molecule has 0 saturated carbocycles. The molecule has 2 aromatic heterocycles. The average molecular weight is 206 g/mol. The topological polar surface area (TPSA) is 52.6 Å². The Morgan fingerprint density at radius 1 is 1.40 bits per heavy atom. The van der Waals surface area contributed by atoms with Gasteiger partial charge in [0.25, 0.3) is 0 Å². The van der Waals surface area contributed by atoms with E-state index in [-0.39, 0.29) is 0 Å². The summed E-state index contributed by atoms with van der Waals surface area (Å²) < 4.78 is 15.2. The van der Waals surface area contributed by atoms with Crippen molar-refractivity contribution in [3.05, 3.63) is 40.6 Å². The molecule has 0 N–H and O–H groups in total. The maximum Gasteiger partial charge on any atom is 0.350 e. The zero-order valence-electron chi connectivity index (χ0n) is 8.44. The molecule has 2 aromatic rings. The molecule has 0 bridgehead atoms. The molecule has 0 radical (unpaired) electrons. The Kier molecular flexibility index (Phi) is 2.33. The van der Waals surface area contributed by atoms with Gasteiger partial charge in [0.1, 0.15) is 22.8 Å². The van der Waals surface area contributed by atoms with Crippen LogP contribution in [0, 0.1) is 6.92 Å². The van der Waals surface area contributed by atoms with Crippen LogP contribution < -0.4 is 10.4 Å². The first-order valence-corrected chi connectivity index (χ1v) is 4.45. The summed E-state index contributed by atoms with van der Waals surface area (Å²) >= 11 is 0. The molecule has 4 nitrogen and oxygen atoms in total. The van der Waals surface area contributed by atoms with Gasteiger partial charge < -0.3 is 13.6 Å². The summed E-state index contributed by atoms with van der Waals surface area (Å²) in [6.45, 7) is 1.69. The predicted octanol–water partition coefficient (Wildman–Crippen LogP) is 2.22. The van der Waals surface area contributed by atoms with Crippen LogP contribution in [-0.2, 0) is 0 Å². The summed E-state index contributed by atoms with van der Waals surface area (Å²) in [7, 11) is 1.50. The molecule has 0 fully saturated rings. The van der Waals surface area contributed by atoms with Gasteiger partial charge in [0.05, 0.1) is 13.4 Å². The Hall–Kier alpha value is -1.97. The van der Waals surface area contributed by atoms with E-state index in [4.69, 9.17) is 13.6 Å². The van der Waals surface area contributed by atoms with Gasteiger partial charge in [-0.25, -0.2) is 4.79 Å². The fourth-order valence-corrected chi connectivity index (χ4v) is 1.39. The van der Waals surface area contributed by atoms with Crippen LogP contribution in [0.15, 0.2) is 38.1 Å². The number of methoxy groups -OCH3 is 1. The van der Waals surface area contributed by atoms with Gasteiger partial charge >= 0.3 is 5.63 Å². The van der Waals surface area contributed by atoms with Crippen molar-refractivity contribution < 1.29 is 13.6 Å². The highest BCUT2D eigenvalue weighted by molar-refractivity contribution is 5.64. The van der Waals surface area contributed by atoms with Gasteiger partial charge in [-0.15, -0.1) is 0 Å². The molecule has 0 saturated heterocycles. The van der Waals surface area contributed by atoms with E-state index >= 15 is 0 Å². The van der Waals surface area contributed by atoms with E-state index in [1.807, 2.05) is 0 Å². The minimum absolute atomic E-state index is 0.313. The number of furan rings is 1. The Morgan fingerprint density at radius 2 is 2.20 bits per heavy atom.